The number of halogens is 1. The van der Waals surface area contributed by atoms with E-state index < -0.39 is 0 Å². The van der Waals surface area contributed by atoms with Gasteiger partial charge in [-0.1, -0.05) is 43.6 Å². The molecule has 0 aliphatic carbocycles. The number of benzene rings is 1. The largest absolute Gasteiger partial charge is 0.313 e. The molecule has 0 radical (unpaired) electrons. The van der Waals surface area contributed by atoms with Crippen molar-refractivity contribution in [2.24, 2.45) is 5.41 Å². The van der Waals surface area contributed by atoms with Crippen LogP contribution in [-0.2, 0) is 0 Å². The predicted molar refractivity (Wildman–Crippen MR) is 95.6 cm³/mol. The number of thioether (sulfide) groups is 1. The van der Waals surface area contributed by atoms with Crippen LogP contribution in [0.5, 0.6) is 0 Å². The Balaban J connectivity index is 2.44. The molecular weight excluding hydrogens is 330 g/mol. The van der Waals surface area contributed by atoms with Crippen LogP contribution in [0.4, 0.5) is 0 Å². The summed E-state index contributed by atoms with van der Waals surface area (Å²) in [5.41, 5.74) is 0.425. The number of hydrogen-bond donors (Lipinski definition) is 1. The normalized spacial score (nSPS) is 13.4. The van der Waals surface area contributed by atoms with Gasteiger partial charge in [-0.3, -0.25) is 0 Å². The highest BCUT2D eigenvalue weighted by molar-refractivity contribution is 9.10. The Bertz CT molecular complexity index is 370. The van der Waals surface area contributed by atoms with Crippen molar-refractivity contribution in [1.82, 2.24) is 5.32 Å². The maximum Gasteiger partial charge on any atom is 0.0176 e. The molecule has 1 N–H and O–H groups in total. The van der Waals surface area contributed by atoms with Crippen LogP contribution in [-0.4, -0.2) is 18.3 Å². The van der Waals surface area contributed by atoms with Crippen molar-refractivity contribution in [2.45, 2.75) is 57.9 Å². The van der Waals surface area contributed by atoms with E-state index in [2.05, 4.69) is 73.2 Å². The van der Waals surface area contributed by atoms with Crippen molar-refractivity contribution in [1.29, 1.82) is 0 Å². The molecule has 1 nitrogen and oxygen atoms in total. The molecule has 3 heteroatoms. The lowest BCUT2D eigenvalue weighted by Crippen LogP contribution is -2.33. The SMILES string of the molecule is CCCNC(CCC(C)(C)C)CSc1ccc(Br)cc1. The Labute approximate surface area is 137 Å². The second-order valence-corrected chi connectivity index (χ2v) is 8.52. The average molecular weight is 358 g/mol. The average Bonchev–Trinajstić information content (AvgIpc) is 2.38. The zero-order valence-corrected chi connectivity index (χ0v) is 15.6. The minimum Gasteiger partial charge on any atom is -0.313 e. The Morgan fingerprint density at radius 1 is 1.20 bits per heavy atom. The van der Waals surface area contributed by atoms with E-state index in [9.17, 15) is 0 Å². The van der Waals surface area contributed by atoms with Gasteiger partial charge in [-0.05, 0) is 55.5 Å². The van der Waals surface area contributed by atoms with E-state index in [4.69, 9.17) is 0 Å². The van der Waals surface area contributed by atoms with Crippen LogP contribution in [0.1, 0.15) is 47.0 Å². The Morgan fingerprint density at radius 3 is 2.40 bits per heavy atom. The molecule has 0 saturated heterocycles. The third-order valence-electron chi connectivity index (χ3n) is 3.19. The molecular formula is C17H28BrNS. The van der Waals surface area contributed by atoms with Crippen LogP contribution in [0.15, 0.2) is 33.6 Å². The maximum atomic E-state index is 3.69. The van der Waals surface area contributed by atoms with Crippen molar-refractivity contribution < 1.29 is 0 Å². The summed E-state index contributed by atoms with van der Waals surface area (Å²) in [5.74, 6) is 1.15. The molecule has 0 saturated carbocycles. The van der Waals surface area contributed by atoms with E-state index in [1.54, 1.807) is 0 Å². The summed E-state index contributed by atoms with van der Waals surface area (Å²) < 4.78 is 1.15. The summed E-state index contributed by atoms with van der Waals surface area (Å²) >= 11 is 5.44. The molecule has 0 aromatic heterocycles. The number of rotatable bonds is 8. The Hall–Kier alpha value is 0.01000. The number of hydrogen-bond acceptors (Lipinski definition) is 2. The van der Waals surface area contributed by atoms with E-state index in [0.717, 1.165) is 16.8 Å². The van der Waals surface area contributed by atoms with E-state index in [0.29, 0.717) is 11.5 Å². The van der Waals surface area contributed by atoms with Gasteiger partial charge in [-0.25, -0.2) is 0 Å². The van der Waals surface area contributed by atoms with E-state index in [1.165, 1.54) is 24.2 Å². The van der Waals surface area contributed by atoms with Crippen LogP contribution in [0.25, 0.3) is 0 Å². The third-order valence-corrected chi connectivity index (χ3v) is 4.89. The molecule has 1 atom stereocenters. The van der Waals surface area contributed by atoms with Gasteiger partial charge in [0.15, 0.2) is 0 Å². The van der Waals surface area contributed by atoms with Crippen LogP contribution >= 0.6 is 27.7 Å². The molecule has 1 unspecified atom stereocenters. The molecule has 1 aromatic carbocycles. The second kappa shape index (κ2) is 9.11. The van der Waals surface area contributed by atoms with Crippen LogP contribution in [0, 0.1) is 5.41 Å². The van der Waals surface area contributed by atoms with Crippen LogP contribution < -0.4 is 5.32 Å². The fraction of sp³-hybridized carbons (Fsp3) is 0.647. The van der Waals surface area contributed by atoms with E-state index in [1.807, 2.05) is 11.8 Å². The summed E-state index contributed by atoms with van der Waals surface area (Å²) in [6, 6.07) is 9.23. The molecule has 114 valence electrons. The van der Waals surface area contributed by atoms with Crippen molar-refractivity contribution in [3.05, 3.63) is 28.7 Å². The lowest BCUT2D eigenvalue weighted by Gasteiger charge is -2.24. The fourth-order valence-corrected chi connectivity index (χ4v) is 3.20. The second-order valence-electron chi connectivity index (χ2n) is 6.52. The number of nitrogens with one attached hydrogen (secondary N) is 1. The highest BCUT2D eigenvalue weighted by Gasteiger charge is 2.15. The van der Waals surface area contributed by atoms with Gasteiger partial charge in [0.05, 0.1) is 0 Å². The summed E-state index contributed by atoms with van der Waals surface area (Å²) in [5, 5.41) is 3.69. The van der Waals surface area contributed by atoms with E-state index >= 15 is 0 Å². The zero-order valence-electron chi connectivity index (χ0n) is 13.2. The summed E-state index contributed by atoms with van der Waals surface area (Å²) in [6.07, 6.45) is 3.73. The molecule has 0 heterocycles. The molecule has 0 fully saturated rings. The fourth-order valence-electron chi connectivity index (χ4n) is 1.93. The summed E-state index contributed by atoms with van der Waals surface area (Å²) in [6.45, 7) is 10.3. The van der Waals surface area contributed by atoms with Crippen molar-refractivity contribution in [3.63, 3.8) is 0 Å². The van der Waals surface area contributed by atoms with Gasteiger partial charge < -0.3 is 5.32 Å². The monoisotopic (exact) mass is 357 g/mol. The first-order valence-electron chi connectivity index (χ1n) is 7.52. The quantitative estimate of drug-likeness (QED) is 0.595. The maximum absolute atomic E-state index is 3.69. The van der Waals surface area contributed by atoms with Gasteiger partial charge >= 0.3 is 0 Å². The van der Waals surface area contributed by atoms with Crippen LogP contribution in [0.3, 0.4) is 0 Å². The lowest BCUT2D eigenvalue weighted by atomic mass is 9.89. The minimum absolute atomic E-state index is 0.425. The predicted octanol–water partition coefficient (Wildman–Crippen LogP) is 5.74. The van der Waals surface area contributed by atoms with Crippen molar-refractivity contribution in [2.75, 3.05) is 12.3 Å². The molecule has 20 heavy (non-hydrogen) atoms. The molecule has 1 aromatic rings. The molecule has 0 aliphatic heterocycles. The van der Waals surface area contributed by atoms with Gasteiger partial charge in [0.1, 0.15) is 0 Å². The first-order valence-corrected chi connectivity index (χ1v) is 9.30. The topological polar surface area (TPSA) is 12.0 Å². The molecule has 0 bridgehead atoms. The first kappa shape index (κ1) is 18.1. The van der Waals surface area contributed by atoms with E-state index in [-0.39, 0.29) is 0 Å². The van der Waals surface area contributed by atoms with Gasteiger partial charge in [-0.15, -0.1) is 11.8 Å². The molecule has 1 rings (SSSR count). The van der Waals surface area contributed by atoms with Crippen LogP contribution in [0.2, 0.25) is 0 Å². The highest BCUT2D eigenvalue weighted by atomic mass is 79.9. The molecule has 0 spiro atoms. The summed E-state index contributed by atoms with van der Waals surface area (Å²) in [7, 11) is 0. The minimum atomic E-state index is 0.425. The van der Waals surface area contributed by atoms with Crippen molar-refractivity contribution in [3.8, 4) is 0 Å². The van der Waals surface area contributed by atoms with Gasteiger partial charge in [-0.2, -0.15) is 0 Å². The van der Waals surface area contributed by atoms with Gasteiger partial charge in [0.25, 0.3) is 0 Å². The Morgan fingerprint density at radius 2 is 1.85 bits per heavy atom. The zero-order chi connectivity index (χ0) is 15.0. The standard InChI is InChI=1S/C17H28BrNS/c1-5-12-19-15(10-11-17(2,3)4)13-20-16-8-6-14(18)7-9-16/h6-9,15,19H,5,10-13H2,1-4H3. The third kappa shape index (κ3) is 8.33. The summed E-state index contributed by atoms with van der Waals surface area (Å²) in [4.78, 5) is 1.35. The smallest absolute Gasteiger partial charge is 0.0176 e. The Kier molecular flexibility index (Phi) is 8.23. The molecule has 0 aliphatic rings. The highest BCUT2D eigenvalue weighted by Crippen LogP contribution is 2.25. The lowest BCUT2D eigenvalue weighted by molar-refractivity contribution is 0.338. The van der Waals surface area contributed by atoms with Gasteiger partial charge in [0.2, 0.25) is 0 Å². The van der Waals surface area contributed by atoms with Crippen molar-refractivity contribution >= 4 is 27.7 Å². The van der Waals surface area contributed by atoms with Gasteiger partial charge in [0, 0.05) is 21.2 Å². The molecule has 0 amide bonds. The first-order chi connectivity index (χ1) is 9.40.